The quantitative estimate of drug-likeness (QED) is 0.500. The standard InChI is InChI=1S/C9H9ClN2O/c1-3-4-5-12-7(2)11-8(10)6-9(12)13/h6H,5H2,1-2H3. The van der Waals surface area contributed by atoms with E-state index in [0.717, 1.165) is 0 Å². The lowest BCUT2D eigenvalue weighted by Gasteiger charge is -2.03. The average Bonchev–Trinajstić information content (AvgIpc) is 2.02. The van der Waals surface area contributed by atoms with Gasteiger partial charge in [-0.25, -0.2) is 4.98 Å². The van der Waals surface area contributed by atoms with Gasteiger partial charge in [0.1, 0.15) is 11.0 Å². The Balaban J connectivity index is 3.18. The van der Waals surface area contributed by atoms with Gasteiger partial charge >= 0.3 is 0 Å². The van der Waals surface area contributed by atoms with Crippen LogP contribution in [0.3, 0.4) is 0 Å². The van der Waals surface area contributed by atoms with Crippen LogP contribution in [0.1, 0.15) is 12.7 Å². The minimum atomic E-state index is -0.166. The van der Waals surface area contributed by atoms with E-state index in [-0.39, 0.29) is 10.7 Å². The highest BCUT2D eigenvalue weighted by Gasteiger charge is 2.01. The molecule has 1 aromatic rings. The van der Waals surface area contributed by atoms with E-state index in [9.17, 15) is 4.79 Å². The highest BCUT2D eigenvalue weighted by atomic mass is 35.5. The highest BCUT2D eigenvalue weighted by Crippen LogP contribution is 2.00. The summed E-state index contributed by atoms with van der Waals surface area (Å²) in [7, 11) is 0. The van der Waals surface area contributed by atoms with Crippen molar-refractivity contribution in [2.24, 2.45) is 0 Å². The summed E-state index contributed by atoms with van der Waals surface area (Å²) >= 11 is 5.60. The summed E-state index contributed by atoms with van der Waals surface area (Å²) in [6.45, 7) is 3.82. The van der Waals surface area contributed by atoms with Gasteiger partial charge in [-0.3, -0.25) is 9.36 Å². The van der Waals surface area contributed by atoms with E-state index in [1.165, 1.54) is 10.6 Å². The molecule has 0 N–H and O–H groups in total. The number of aryl methyl sites for hydroxylation is 1. The smallest absolute Gasteiger partial charge is 0.255 e. The molecular formula is C9H9ClN2O. The van der Waals surface area contributed by atoms with Crippen LogP contribution in [0, 0.1) is 18.8 Å². The lowest BCUT2D eigenvalue weighted by atomic mass is 10.5. The first-order valence-corrected chi connectivity index (χ1v) is 4.16. The zero-order valence-electron chi connectivity index (χ0n) is 7.47. The molecule has 0 aliphatic rings. The SMILES string of the molecule is CC#CCn1c(C)nc(Cl)cc1=O. The molecule has 0 bridgehead atoms. The molecule has 0 atom stereocenters. The minimum absolute atomic E-state index is 0.166. The Bertz CT molecular complexity index is 425. The zero-order chi connectivity index (χ0) is 9.84. The first-order chi connectivity index (χ1) is 6.15. The van der Waals surface area contributed by atoms with Crippen molar-refractivity contribution in [3.05, 3.63) is 27.4 Å². The monoisotopic (exact) mass is 196 g/mol. The molecule has 13 heavy (non-hydrogen) atoms. The van der Waals surface area contributed by atoms with Gasteiger partial charge in [0.05, 0.1) is 6.54 Å². The van der Waals surface area contributed by atoms with Crippen LogP contribution in [0.15, 0.2) is 10.9 Å². The molecule has 68 valence electrons. The molecule has 0 saturated carbocycles. The Kier molecular flexibility index (Phi) is 3.10. The van der Waals surface area contributed by atoms with E-state index in [0.29, 0.717) is 12.4 Å². The van der Waals surface area contributed by atoms with Crippen LogP contribution in [0.5, 0.6) is 0 Å². The van der Waals surface area contributed by atoms with Crippen LogP contribution in [-0.4, -0.2) is 9.55 Å². The van der Waals surface area contributed by atoms with Gasteiger partial charge < -0.3 is 0 Å². The molecule has 0 spiro atoms. The summed E-state index contributed by atoms with van der Waals surface area (Å²) in [5.41, 5.74) is -0.166. The Morgan fingerprint density at radius 2 is 2.38 bits per heavy atom. The maximum Gasteiger partial charge on any atom is 0.255 e. The number of rotatable bonds is 1. The van der Waals surface area contributed by atoms with E-state index in [1.54, 1.807) is 13.8 Å². The van der Waals surface area contributed by atoms with Gasteiger partial charge in [0.15, 0.2) is 0 Å². The van der Waals surface area contributed by atoms with E-state index < -0.39 is 0 Å². The fourth-order valence-electron chi connectivity index (χ4n) is 0.937. The number of halogens is 1. The summed E-state index contributed by atoms with van der Waals surface area (Å²) in [5, 5.41) is 0.225. The Hall–Kier alpha value is -1.27. The van der Waals surface area contributed by atoms with E-state index in [4.69, 9.17) is 11.6 Å². The van der Waals surface area contributed by atoms with Crippen LogP contribution in [0.25, 0.3) is 0 Å². The lowest BCUT2D eigenvalue weighted by Crippen LogP contribution is -2.22. The van der Waals surface area contributed by atoms with Gasteiger partial charge in [-0.2, -0.15) is 0 Å². The summed E-state index contributed by atoms with van der Waals surface area (Å²) in [5.74, 6) is 6.09. The number of hydrogen-bond acceptors (Lipinski definition) is 2. The predicted octanol–water partition coefficient (Wildman–Crippen LogP) is 1.23. The first kappa shape index (κ1) is 9.82. The summed E-state index contributed by atoms with van der Waals surface area (Å²) in [6, 6.07) is 1.28. The average molecular weight is 197 g/mol. The number of hydrogen-bond donors (Lipinski definition) is 0. The summed E-state index contributed by atoms with van der Waals surface area (Å²) in [6.07, 6.45) is 0. The van der Waals surface area contributed by atoms with Gasteiger partial charge in [0, 0.05) is 6.07 Å². The van der Waals surface area contributed by atoms with Crippen LogP contribution in [-0.2, 0) is 6.54 Å². The second kappa shape index (κ2) is 4.11. The largest absolute Gasteiger partial charge is 0.285 e. The first-order valence-electron chi connectivity index (χ1n) is 3.78. The van der Waals surface area contributed by atoms with Crippen molar-refractivity contribution in [1.29, 1.82) is 0 Å². The molecule has 0 aliphatic heterocycles. The van der Waals surface area contributed by atoms with Gasteiger partial charge in [-0.1, -0.05) is 17.5 Å². The molecule has 3 nitrogen and oxygen atoms in total. The normalized spacial score (nSPS) is 9.15. The van der Waals surface area contributed by atoms with Crippen molar-refractivity contribution >= 4 is 11.6 Å². The van der Waals surface area contributed by atoms with E-state index >= 15 is 0 Å². The Morgan fingerprint density at radius 3 is 2.92 bits per heavy atom. The fraction of sp³-hybridized carbons (Fsp3) is 0.333. The molecule has 1 aromatic heterocycles. The van der Waals surface area contributed by atoms with Crippen molar-refractivity contribution in [2.45, 2.75) is 20.4 Å². The molecule has 1 rings (SSSR count). The molecule has 0 amide bonds. The molecule has 0 aromatic carbocycles. The Labute approximate surface area is 81.4 Å². The maximum absolute atomic E-state index is 11.3. The lowest BCUT2D eigenvalue weighted by molar-refractivity contribution is 0.727. The second-order valence-electron chi connectivity index (χ2n) is 2.48. The number of nitrogens with zero attached hydrogens (tertiary/aromatic N) is 2. The molecule has 0 radical (unpaired) electrons. The van der Waals surface area contributed by atoms with Crippen LogP contribution in [0.2, 0.25) is 5.15 Å². The van der Waals surface area contributed by atoms with Crippen LogP contribution < -0.4 is 5.56 Å². The van der Waals surface area contributed by atoms with Crippen LogP contribution >= 0.6 is 11.6 Å². The minimum Gasteiger partial charge on any atom is -0.285 e. The van der Waals surface area contributed by atoms with Crippen molar-refractivity contribution in [3.63, 3.8) is 0 Å². The molecule has 0 aliphatic carbocycles. The third-order valence-corrected chi connectivity index (χ3v) is 1.78. The maximum atomic E-state index is 11.3. The highest BCUT2D eigenvalue weighted by molar-refractivity contribution is 6.29. The summed E-state index contributed by atoms with van der Waals surface area (Å²) in [4.78, 5) is 15.3. The van der Waals surface area contributed by atoms with Gasteiger partial charge in [0.2, 0.25) is 0 Å². The molecule has 0 unspecified atom stereocenters. The van der Waals surface area contributed by atoms with Gasteiger partial charge in [0.25, 0.3) is 5.56 Å². The third-order valence-electron chi connectivity index (χ3n) is 1.58. The van der Waals surface area contributed by atoms with E-state index in [2.05, 4.69) is 16.8 Å². The summed E-state index contributed by atoms with van der Waals surface area (Å²) < 4.78 is 1.47. The molecule has 0 saturated heterocycles. The van der Waals surface area contributed by atoms with Crippen molar-refractivity contribution < 1.29 is 0 Å². The molecule has 1 heterocycles. The van der Waals surface area contributed by atoms with Gasteiger partial charge in [-0.15, -0.1) is 5.92 Å². The molecular weight excluding hydrogens is 188 g/mol. The zero-order valence-corrected chi connectivity index (χ0v) is 8.22. The predicted molar refractivity (Wildman–Crippen MR) is 51.7 cm³/mol. The van der Waals surface area contributed by atoms with Crippen molar-refractivity contribution in [1.82, 2.24) is 9.55 Å². The van der Waals surface area contributed by atoms with Crippen molar-refractivity contribution in [2.75, 3.05) is 0 Å². The van der Waals surface area contributed by atoms with Crippen molar-refractivity contribution in [3.8, 4) is 11.8 Å². The van der Waals surface area contributed by atoms with Gasteiger partial charge in [-0.05, 0) is 13.8 Å². The number of aromatic nitrogens is 2. The third kappa shape index (κ3) is 2.33. The molecule has 4 heteroatoms. The fourth-order valence-corrected chi connectivity index (χ4v) is 1.15. The van der Waals surface area contributed by atoms with E-state index in [1.807, 2.05) is 0 Å². The molecule has 0 fully saturated rings. The second-order valence-corrected chi connectivity index (χ2v) is 2.86. The topological polar surface area (TPSA) is 34.9 Å². The Morgan fingerprint density at radius 1 is 1.69 bits per heavy atom. The van der Waals surface area contributed by atoms with Crippen LogP contribution in [0.4, 0.5) is 0 Å².